The molecule has 0 atom stereocenters. The summed E-state index contributed by atoms with van der Waals surface area (Å²) in [7, 11) is 0. The first kappa shape index (κ1) is 10.4. The van der Waals surface area contributed by atoms with E-state index in [9.17, 15) is 9.90 Å². The minimum absolute atomic E-state index is 0.128. The van der Waals surface area contributed by atoms with Gasteiger partial charge in [-0.2, -0.15) is 0 Å². The third-order valence-electron chi connectivity index (χ3n) is 1.99. The summed E-state index contributed by atoms with van der Waals surface area (Å²) in [6.45, 7) is 3.46. The fourth-order valence-electron chi connectivity index (χ4n) is 1.23. The first-order chi connectivity index (χ1) is 6.42. The molecule has 0 aliphatic carbocycles. The van der Waals surface area contributed by atoms with Gasteiger partial charge in [-0.3, -0.25) is 0 Å². The van der Waals surface area contributed by atoms with Crippen LogP contribution in [-0.2, 0) is 5.54 Å². The van der Waals surface area contributed by atoms with E-state index in [-0.39, 0.29) is 5.75 Å². The van der Waals surface area contributed by atoms with Crippen molar-refractivity contribution in [1.82, 2.24) is 5.32 Å². The molecular formula is C10H13NO3. The van der Waals surface area contributed by atoms with Crippen molar-refractivity contribution in [2.45, 2.75) is 19.4 Å². The van der Waals surface area contributed by atoms with Crippen molar-refractivity contribution in [3.8, 4) is 5.75 Å². The Morgan fingerprint density at radius 2 is 2.07 bits per heavy atom. The Balaban J connectivity index is 2.97. The van der Waals surface area contributed by atoms with Crippen LogP contribution < -0.4 is 5.32 Å². The zero-order valence-corrected chi connectivity index (χ0v) is 8.11. The minimum Gasteiger partial charge on any atom is -0.508 e. The normalized spacial score (nSPS) is 11.0. The quantitative estimate of drug-likeness (QED) is 0.675. The monoisotopic (exact) mass is 195 g/mol. The average molecular weight is 195 g/mol. The molecule has 1 aromatic rings. The van der Waals surface area contributed by atoms with Crippen molar-refractivity contribution in [2.24, 2.45) is 0 Å². The number of phenolic OH excluding ortho intramolecular Hbond substituents is 1. The van der Waals surface area contributed by atoms with Crippen molar-refractivity contribution < 1.29 is 15.0 Å². The number of hydrogen-bond acceptors (Lipinski definition) is 2. The van der Waals surface area contributed by atoms with E-state index >= 15 is 0 Å². The molecule has 0 saturated carbocycles. The molecule has 76 valence electrons. The second-order valence-corrected chi connectivity index (χ2v) is 3.61. The van der Waals surface area contributed by atoms with E-state index < -0.39 is 11.6 Å². The molecule has 14 heavy (non-hydrogen) atoms. The molecule has 3 N–H and O–H groups in total. The van der Waals surface area contributed by atoms with Gasteiger partial charge in [-0.15, -0.1) is 0 Å². The van der Waals surface area contributed by atoms with Gasteiger partial charge >= 0.3 is 6.09 Å². The summed E-state index contributed by atoms with van der Waals surface area (Å²) in [4.78, 5) is 10.5. The number of amides is 1. The predicted octanol–water partition coefficient (Wildman–Crippen LogP) is 1.89. The Labute approximate surface area is 82.2 Å². The molecule has 0 aromatic heterocycles. The molecule has 1 aromatic carbocycles. The second-order valence-electron chi connectivity index (χ2n) is 3.61. The molecule has 0 fully saturated rings. The molecule has 0 unspecified atom stereocenters. The van der Waals surface area contributed by atoms with E-state index in [4.69, 9.17) is 5.11 Å². The van der Waals surface area contributed by atoms with Gasteiger partial charge in [-0.05, 0) is 31.5 Å². The highest BCUT2D eigenvalue weighted by Gasteiger charge is 2.22. The van der Waals surface area contributed by atoms with Gasteiger partial charge in [-0.25, -0.2) is 4.79 Å². The van der Waals surface area contributed by atoms with Crippen LogP contribution in [0.4, 0.5) is 4.79 Å². The lowest BCUT2D eigenvalue weighted by Gasteiger charge is -2.25. The van der Waals surface area contributed by atoms with Gasteiger partial charge in [0.1, 0.15) is 5.75 Å². The van der Waals surface area contributed by atoms with Gasteiger partial charge in [0.25, 0.3) is 0 Å². The Bertz CT molecular complexity index is 347. The highest BCUT2D eigenvalue weighted by molar-refractivity contribution is 5.66. The Hall–Kier alpha value is -1.71. The summed E-state index contributed by atoms with van der Waals surface area (Å²) in [6.07, 6.45) is -1.08. The number of hydrogen-bond donors (Lipinski definition) is 3. The molecule has 0 bridgehead atoms. The largest absolute Gasteiger partial charge is 0.508 e. The summed E-state index contributed by atoms with van der Waals surface area (Å²) in [6, 6.07) is 6.52. The Morgan fingerprint density at radius 1 is 1.43 bits per heavy atom. The van der Waals surface area contributed by atoms with Crippen molar-refractivity contribution in [1.29, 1.82) is 0 Å². The van der Waals surface area contributed by atoms with Crippen LogP contribution in [0.25, 0.3) is 0 Å². The zero-order valence-electron chi connectivity index (χ0n) is 8.11. The SMILES string of the molecule is CC(C)(NC(=O)O)c1cccc(O)c1. The van der Waals surface area contributed by atoms with Gasteiger partial charge in [0.05, 0.1) is 5.54 Å². The maximum Gasteiger partial charge on any atom is 0.405 e. The highest BCUT2D eigenvalue weighted by Crippen LogP contribution is 2.23. The molecular weight excluding hydrogens is 182 g/mol. The Morgan fingerprint density at radius 3 is 2.57 bits per heavy atom. The summed E-state index contributed by atoms with van der Waals surface area (Å²) in [5, 5.41) is 20.2. The van der Waals surface area contributed by atoms with E-state index in [0.29, 0.717) is 0 Å². The van der Waals surface area contributed by atoms with Crippen LogP contribution in [0.15, 0.2) is 24.3 Å². The van der Waals surface area contributed by atoms with Crippen LogP contribution in [0.3, 0.4) is 0 Å². The van der Waals surface area contributed by atoms with Gasteiger partial charge in [0.15, 0.2) is 0 Å². The third-order valence-corrected chi connectivity index (χ3v) is 1.99. The third kappa shape index (κ3) is 2.39. The molecule has 4 nitrogen and oxygen atoms in total. The summed E-state index contributed by atoms with van der Waals surface area (Å²) in [5.74, 6) is 0.128. The van der Waals surface area contributed by atoms with E-state index in [1.54, 1.807) is 32.0 Å². The van der Waals surface area contributed by atoms with Crippen molar-refractivity contribution in [3.05, 3.63) is 29.8 Å². The number of carbonyl (C=O) groups is 1. The number of aromatic hydroxyl groups is 1. The number of nitrogens with one attached hydrogen (secondary N) is 1. The number of phenols is 1. The lowest BCUT2D eigenvalue weighted by atomic mass is 9.94. The molecule has 0 aliphatic heterocycles. The fraction of sp³-hybridized carbons (Fsp3) is 0.300. The molecule has 1 amide bonds. The standard InChI is InChI=1S/C10H13NO3/c1-10(2,11-9(13)14)7-4-3-5-8(12)6-7/h3-6,11-12H,1-2H3,(H,13,14). The van der Waals surface area contributed by atoms with Gasteiger partial charge < -0.3 is 15.5 Å². The first-order valence-electron chi connectivity index (χ1n) is 4.22. The van der Waals surface area contributed by atoms with Crippen LogP contribution in [0.1, 0.15) is 19.4 Å². The minimum atomic E-state index is -1.08. The zero-order chi connectivity index (χ0) is 10.8. The lowest BCUT2D eigenvalue weighted by Crippen LogP contribution is -2.39. The van der Waals surface area contributed by atoms with Crippen LogP contribution in [0.2, 0.25) is 0 Å². The fourth-order valence-corrected chi connectivity index (χ4v) is 1.23. The predicted molar refractivity (Wildman–Crippen MR) is 52.3 cm³/mol. The number of rotatable bonds is 2. The van der Waals surface area contributed by atoms with Crippen LogP contribution in [0.5, 0.6) is 5.75 Å². The first-order valence-corrected chi connectivity index (χ1v) is 4.22. The van der Waals surface area contributed by atoms with E-state index in [1.807, 2.05) is 0 Å². The van der Waals surface area contributed by atoms with E-state index in [0.717, 1.165) is 5.56 Å². The van der Waals surface area contributed by atoms with Crippen LogP contribution in [-0.4, -0.2) is 16.3 Å². The second kappa shape index (κ2) is 3.57. The van der Waals surface area contributed by atoms with E-state index in [2.05, 4.69) is 5.32 Å². The molecule has 4 heteroatoms. The smallest absolute Gasteiger partial charge is 0.405 e. The summed E-state index contributed by atoms with van der Waals surface area (Å²) < 4.78 is 0. The van der Waals surface area contributed by atoms with Crippen molar-refractivity contribution >= 4 is 6.09 Å². The Kier molecular flexibility index (Phi) is 2.65. The van der Waals surface area contributed by atoms with E-state index in [1.165, 1.54) is 6.07 Å². The molecule has 0 aliphatic rings. The van der Waals surface area contributed by atoms with Gasteiger partial charge in [-0.1, -0.05) is 12.1 Å². The average Bonchev–Trinajstić information content (AvgIpc) is 2.01. The maximum absolute atomic E-state index is 10.5. The van der Waals surface area contributed by atoms with Crippen molar-refractivity contribution in [3.63, 3.8) is 0 Å². The summed E-state index contributed by atoms with van der Waals surface area (Å²) >= 11 is 0. The van der Waals surface area contributed by atoms with Crippen molar-refractivity contribution in [2.75, 3.05) is 0 Å². The molecule has 0 heterocycles. The number of benzene rings is 1. The number of carboxylic acid groups (broad SMARTS) is 1. The topological polar surface area (TPSA) is 69.6 Å². The highest BCUT2D eigenvalue weighted by atomic mass is 16.4. The van der Waals surface area contributed by atoms with Gasteiger partial charge in [0.2, 0.25) is 0 Å². The van der Waals surface area contributed by atoms with Crippen LogP contribution >= 0.6 is 0 Å². The molecule has 0 saturated heterocycles. The molecule has 0 spiro atoms. The summed E-state index contributed by atoms with van der Waals surface area (Å²) in [5.41, 5.74) is 0.0183. The lowest BCUT2D eigenvalue weighted by molar-refractivity contribution is 0.182. The van der Waals surface area contributed by atoms with Gasteiger partial charge in [0, 0.05) is 0 Å². The van der Waals surface area contributed by atoms with Crippen LogP contribution in [0, 0.1) is 0 Å². The molecule has 1 rings (SSSR count). The maximum atomic E-state index is 10.5. The molecule has 0 radical (unpaired) electrons.